The summed E-state index contributed by atoms with van der Waals surface area (Å²) in [5.74, 6) is -1.59. The molecule has 0 spiro atoms. The summed E-state index contributed by atoms with van der Waals surface area (Å²) < 4.78 is 5.27. The van der Waals surface area contributed by atoms with E-state index in [-0.39, 0.29) is 11.7 Å². The molecular weight excluding hydrogens is 332 g/mol. The van der Waals surface area contributed by atoms with Crippen molar-refractivity contribution in [1.82, 2.24) is 10.6 Å². The molecule has 2 N–H and O–H groups in total. The molecule has 0 saturated carbocycles. The summed E-state index contributed by atoms with van der Waals surface area (Å²) in [6, 6.07) is 8.02. The first kappa shape index (κ1) is 21.7. The van der Waals surface area contributed by atoms with Crippen molar-refractivity contribution in [3.05, 3.63) is 35.9 Å². The number of likely N-dealkylation sites (N-methyl/N-ethyl adjacent to an activating group) is 1. The lowest BCUT2D eigenvalue weighted by molar-refractivity contribution is -0.131. The fourth-order valence-electron chi connectivity index (χ4n) is 2.60. The van der Waals surface area contributed by atoms with Crippen LogP contribution in [0.3, 0.4) is 0 Å². The van der Waals surface area contributed by atoms with Gasteiger partial charge in [0.1, 0.15) is 11.5 Å². The van der Waals surface area contributed by atoms with Crippen LogP contribution in [0.25, 0.3) is 0 Å². The van der Waals surface area contributed by atoms with Crippen LogP contribution in [0.2, 0.25) is 0 Å². The molecular formula is C20H30N2O4. The quantitative estimate of drug-likeness (QED) is 0.730. The Morgan fingerprint density at radius 2 is 1.65 bits per heavy atom. The number of nitrogens with one attached hydrogen (secondary N) is 2. The van der Waals surface area contributed by atoms with Gasteiger partial charge in [-0.2, -0.15) is 0 Å². The van der Waals surface area contributed by atoms with Crippen molar-refractivity contribution >= 4 is 17.8 Å². The fraction of sp³-hybridized carbons (Fsp3) is 0.550. The summed E-state index contributed by atoms with van der Waals surface area (Å²) in [6.45, 7) is 9.17. The van der Waals surface area contributed by atoms with Crippen molar-refractivity contribution in [2.24, 2.45) is 5.92 Å². The Morgan fingerprint density at radius 3 is 2.12 bits per heavy atom. The lowest BCUT2D eigenvalue weighted by Crippen LogP contribution is -2.48. The largest absolute Gasteiger partial charge is 0.444 e. The molecule has 1 aromatic rings. The number of hydrogen-bond donors (Lipinski definition) is 2. The molecule has 6 nitrogen and oxygen atoms in total. The van der Waals surface area contributed by atoms with Crippen molar-refractivity contribution in [3.63, 3.8) is 0 Å². The molecule has 0 bridgehead atoms. The predicted octanol–water partition coefficient (Wildman–Crippen LogP) is 3.02. The molecule has 0 fully saturated rings. The summed E-state index contributed by atoms with van der Waals surface area (Å²) >= 11 is 0. The number of hydrogen-bond acceptors (Lipinski definition) is 4. The SMILES string of the molecule is CNC(=O)C(C(=O)[C@H](CC(C)C)NC(=O)OC(C)(C)C)c1ccccc1. The van der Waals surface area contributed by atoms with E-state index >= 15 is 0 Å². The molecule has 0 aliphatic heterocycles. The molecule has 0 saturated heterocycles. The summed E-state index contributed by atoms with van der Waals surface area (Å²) in [7, 11) is 1.49. The van der Waals surface area contributed by atoms with E-state index in [1.807, 2.05) is 19.9 Å². The van der Waals surface area contributed by atoms with E-state index in [0.717, 1.165) is 0 Å². The van der Waals surface area contributed by atoms with Crippen molar-refractivity contribution in [1.29, 1.82) is 0 Å². The molecule has 2 amide bonds. The van der Waals surface area contributed by atoms with Gasteiger partial charge in [-0.1, -0.05) is 44.2 Å². The average molecular weight is 362 g/mol. The molecule has 0 aliphatic rings. The maximum atomic E-state index is 13.1. The lowest BCUT2D eigenvalue weighted by atomic mass is 9.87. The number of ether oxygens (including phenoxy) is 1. The normalized spacial score (nSPS) is 13.7. The summed E-state index contributed by atoms with van der Waals surface area (Å²) in [5, 5.41) is 5.18. The highest BCUT2D eigenvalue weighted by atomic mass is 16.6. The van der Waals surface area contributed by atoms with Crippen LogP contribution in [0, 0.1) is 5.92 Å². The van der Waals surface area contributed by atoms with E-state index in [0.29, 0.717) is 12.0 Å². The molecule has 0 aliphatic carbocycles. The second-order valence-electron chi connectivity index (χ2n) is 7.69. The zero-order valence-corrected chi connectivity index (χ0v) is 16.5. The number of rotatable bonds is 7. The van der Waals surface area contributed by atoms with E-state index in [2.05, 4.69) is 10.6 Å². The Kier molecular flexibility index (Phi) is 7.80. The highest BCUT2D eigenvalue weighted by Crippen LogP contribution is 2.21. The van der Waals surface area contributed by atoms with Gasteiger partial charge in [-0.15, -0.1) is 0 Å². The van der Waals surface area contributed by atoms with Crippen LogP contribution in [0.4, 0.5) is 4.79 Å². The van der Waals surface area contributed by atoms with Crippen LogP contribution in [0.5, 0.6) is 0 Å². The van der Waals surface area contributed by atoms with Gasteiger partial charge in [-0.05, 0) is 38.7 Å². The van der Waals surface area contributed by atoms with Crippen LogP contribution in [0.1, 0.15) is 52.5 Å². The molecule has 2 atom stereocenters. The Balaban J connectivity index is 3.10. The van der Waals surface area contributed by atoms with Crippen molar-refractivity contribution in [2.75, 3.05) is 7.05 Å². The number of amides is 2. The third kappa shape index (κ3) is 6.86. The van der Waals surface area contributed by atoms with E-state index in [1.165, 1.54) is 7.05 Å². The van der Waals surface area contributed by atoms with Gasteiger partial charge < -0.3 is 15.4 Å². The molecule has 1 aromatic carbocycles. The number of ketones is 1. The first-order valence-electron chi connectivity index (χ1n) is 8.85. The van der Waals surface area contributed by atoms with E-state index in [4.69, 9.17) is 4.74 Å². The summed E-state index contributed by atoms with van der Waals surface area (Å²) in [6.07, 6.45) is -0.251. The minimum atomic E-state index is -0.986. The van der Waals surface area contributed by atoms with Crippen molar-refractivity contribution in [3.8, 4) is 0 Å². The van der Waals surface area contributed by atoms with E-state index in [9.17, 15) is 14.4 Å². The Hall–Kier alpha value is -2.37. The van der Waals surface area contributed by atoms with Gasteiger partial charge in [0.2, 0.25) is 5.91 Å². The molecule has 1 unspecified atom stereocenters. The second kappa shape index (κ2) is 9.36. The molecule has 0 aromatic heterocycles. The number of carbonyl (C=O) groups is 3. The summed E-state index contributed by atoms with van der Waals surface area (Å²) in [5.41, 5.74) is -0.0774. The highest BCUT2D eigenvalue weighted by Gasteiger charge is 2.35. The fourth-order valence-corrected chi connectivity index (χ4v) is 2.60. The van der Waals surface area contributed by atoms with E-state index in [1.54, 1.807) is 45.0 Å². The molecule has 0 heterocycles. The van der Waals surface area contributed by atoms with Gasteiger partial charge in [0.15, 0.2) is 5.78 Å². The lowest BCUT2D eigenvalue weighted by Gasteiger charge is -2.26. The Labute approximate surface area is 155 Å². The Morgan fingerprint density at radius 1 is 1.08 bits per heavy atom. The molecule has 26 heavy (non-hydrogen) atoms. The third-order valence-electron chi connectivity index (χ3n) is 3.67. The monoisotopic (exact) mass is 362 g/mol. The highest BCUT2D eigenvalue weighted by molar-refractivity contribution is 6.09. The zero-order valence-electron chi connectivity index (χ0n) is 16.5. The Bertz CT molecular complexity index is 620. The first-order valence-corrected chi connectivity index (χ1v) is 8.85. The van der Waals surface area contributed by atoms with E-state index < -0.39 is 29.6 Å². The minimum Gasteiger partial charge on any atom is -0.444 e. The summed E-state index contributed by atoms with van der Waals surface area (Å²) in [4.78, 5) is 37.7. The average Bonchev–Trinajstić information content (AvgIpc) is 2.53. The van der Waals surface area contributed by atoms with Gasteiger partial charge in [-0.3, -0.25) is 9.59 Å². The topological polar surface area (TPSA) is 84.5 Å². The molecule has 0 radical (unpaired) electrons. The minimum absolute atomic E-state index is 0.153. The van der Waals surface area contributed by atoms with Crippen molar-refractivity contribution in [2.45, 2.75) is 58.6 Å². The standard InChI is InChI=1S/C20H30N2O4/c1-13(2)12-15(22-19(25)26-20(3,4)5)17(23)16(18(24)21-6)14-10-8-7-9-11-14/h7-11,13,15-16H,12H2,1-6H3,(H,21,24)(H,22,25)/t15-,16?/m0/s1. The maximum absolute atomic E-state index is 13.1. The molecule has 1 rings (SSSR count). The van der Waals surface area contributed by atoms with Crippen LogP contribution >= 0.6 is 0 Å². The third-order valence-corrected chi connectivity index (χ3v) is 3.67. The van der Waals surface area contributed by atoms with Gasteiger partial charge in [0, 0.05) is 7.05 Å². The van der Waals surface area contributed by atoms with Gasteiger partial charge in [-0.25, -0.2) is 4.79 Å². The van der Waals surface area contributed by atoms with Gasteiger partial charge in [0.25, 0.3) is 0 Å². The van der Waals surface area contributed by atoms with Crippen LogP contribution < -0.4 is 10.6 Å². The van der Waals surface area contributed by atoms with Crippen LogP contribution in [-0.2, 0) is 14.3 Å². The van der Waals surface area contributed by atoms with Gasteiger partial charge >= 0.3 is 6.09 Å². The number of Topliss-reactive ketones (excluding diaryl/α,β-unsaturated/α-hetero) is 1. The second-order valence-corrected chi connectivity index (χ2v) is 7.69. The number of benzene rings is 1. The van der Waals surface area contributed by atoms with Crippen LogP contribution in [0.15, 0.2) is 30.3 Å². The molecule has 144 valence electrons. The molecule has 6 heteroatoms. The predicted molar refractivity (Wildman–Crippen MR) is 101 cm³/mol. The van der Waals surface area contributed by atoms with Crippen LogP contribution in [-0.4, -0.2) is 36.5 Å². The number of alkyl carbamates (subject to hydrolysis) is 1. The smallest absolute Gasteiger partial charge is 0.408 e. The first-order chi connectivity index (χ1) is 12.0. The van der Waals surface area contributed by atoms with Gasteiger partial charge in [0.05, 0.1) is 6.04 Å². The number of carbonyl (C=O) groups excluding carboxylic acids is 3. The maximum Gasteiger partial charge on any atom is 0.408 e. The van der Waals surface area contributed by atoms with Crippen molar-refractivity contribution < 1.29 is 19.1 Å². The zero-order chi connectivity index (χ0) is 19.9.